The summed E-state index contributed by atoms with van der Waals surface area (Å²) in [6, 6.07) is 16.5. The molecule has 0 saturated carbocycles. The first-order chi connectivity index (χ1) is 10.1. The van der Waals surface area contributed by atoms with E-state index >= 15 is 0 Å². The number of aryl methyl sites for hydroxylation is 3. The van der Waals surface area contributed by atoms with E-state index in [1.54, 1.807) is 0 Å². The third-order valence-corrected chi connectivity index (χ3v) is 3.76. The SMILES string of the molecule is Cc1ccc(C)c([C@H](C)NC(=O)CCc2ccccc2)c1. The van der Waals surface area contributed by atoms with Crippen LogP contribution in [0.25, 0.3) is 0 Å². The molecule has 0 unspecified atom stereocenters. The number of carbonyl (C=O) groups excluding carboxylic acids is 1. The number of rotatable bonds is 5. The molecule has 0 heterocycles. The second-order valence-corrected chi connectivity index (χ2v) is 5.63. The zero-order valence-corrected chi connectivity index (χ0v) is 13.0. The first-order valence-electron chi connectivity index (χ1n) is 7.46. The van der Waals surface area contributed by atoms with Gasteiger partial charge in [0, 0.05) is 6.42 Å². The summed E-state index contributed by atoms with van der Waals surface area (Å²) in [7, 11) is 0. The van der Waals surface area contributed by atoms with Gasteiger partial charge in [0.2, 0.25) is 5.91 Å². The van der Waals surface area contributed by atoms with Crippen LogP contribution in [0.1, 0.15) is 41.6 Å². The highest BCUT2D eigenvalue weighted by Gasteiger charge is 2.11. The van der Waals surface area contributed by atoms with Crippen LogP contribution in [-0.2, 0) is 11.2 Å². The standard InChI is InChI=1S/C19H23NO/c1-14-9-10-15(2)18(13-14)16(3)20-19(21)12-11-17-7-5-4-6-8-17/h4-10,13,16H,11-12H2,1-3H3,(H,20,21)/t16-/m0/s1. The van der Waals surface area contributed by atoms with E-state index in [9.17, 15) is 4.79 Å². The molecule has 1 atom stereocenters. The first kappa shape index (κ1) is 15.3. The highest BCUT2D eigenvalue weighted by molar-refractivity contribution is 5.76. The highest BCUT2D eigenvalue weighted by Crippen LogP contribution is 2.19. The monoisotopic (exact) mass is 281 g/mol. The maximum absolute atomic E-state index is 12.1. The molecule has 1 N–H and O–H groups in total. The third kappa shape index (κ3) is 4.45. The quantitative estimate of drug-likeness (QED) is 0.878. The van der Waals surface area contributed by atoms with Crippen LogP contribution in [-0.4, -0.2) is 5.91 Å². The number of carbonyl (C=O) groups is 1. The molecule has 2 aromatic rings. The van der Waals surface area contributed by atoms with Crippen LogP contribution in [0, 0.1) is 13.8 Å². The zero-order valence-electron chi connectivity index (χ0n) is 13.0. The van der Waals surface area contributed by atoms with Crippen molar-refractivity contribution in [1.82, 2.24) is 5.32 Å². The molecule has 2 heteroatoms. The Labute approximate surface area is 127 Å². The second-order valence-electron chi connectivity index (χ2n) is 5.63. The second kappa shape index (κ2) is 7.07. The Kier molecular flexibility index (Phi) is 5.15. The van der Waals surface area contributed by atoms with Crippen LogP contribution in [0.15, 0.2) is 48.5 Å². The largest absolute Gasteiger partial charge is 0.350 e. The van der Waals surface area contributed by atoms with Gasteiger partial charge in [-0.15, -0.1) is 0 Å². The summed E-state index contributed by atoms with van der Waals surface area (Å²) in [6.45, 7) is 6.20. The molecule has 0 bridgehead atoms. The zero-order chi connectivity index (χ0) is 15.2. The number of hydrogen-bond acceptors (Lipinski definition) is 1. The fourth-order valence-corrected chi connectivity index (χ4v) is 2.52. The number of nitrogens with one attached hydrogen (secondary N) is 1. The van der Waals surface area contributed by atoms with E-state index in [1.165, 1.54) is 22.3 Å². The van der Waals surface area contributed by atoms with Crippen molar-refractivity contribution in [3.8, 4) is 0 Å². The van der Waals surface area contributed by atoms with Crippen molar-refractivity contribution in [2.45, 2.75) is 39.7 Å². The summed E-state index contributed by atoms with van der Waals surface area (Å²) in [5.41, 5.74) is 4.84. The molecule has 0 aliphatic rings. The average molecular weight is 281 g/mol. The molecule has 2 aromatic carbocycles. The summed E-state index contributed by atoms with van der Waals surface area (Å²) < 4.78 is 0. The number of benzene rings is 2. The minimum Gasteiger partial charge on any atom is -0.350 e. The fraction of sp³-hybridized carbons (Fsp3) is 0.316. The van der Waals surface area contributed by atoms with Gasteiger partial charge in [0.25, 0.3) is 0 Å². The topological polar surface area (TPSA) is 29.1 Å². The molecular weight excluding hydrogens is 258 g/mol. The Morgan fingerprint density at radius 2 is 1.81 bits per heavy atom. The Bertz CT molecular complexity index is 604. The van der Waals surface area contributed by atoms with Crippen molar-refractivity contribution >= 4 is 5.91 Å². The summed E-state index contributed by atoms with van der Waals surface area (Å²) >= 11 is 0. The normalized spacial score (nSPS) is 12.0. The predicted molar refractivity (Wildman–Crippen MR) is 87.2 cm³/mol. The average Bonchev–Trinajstić information content (AvgIpc) is 2.48. The Morgan fingerprint density at radius 3 is 2.52 bits per heavy atom. The van der Waals surface area contributed by atoms with Crippen LogP contribution < -0.4 is 5.32 Å². The maximum atomic E-state index is 12.1. The summed E-state index contributed by atoms with van der Waals surface area (Å²) in [5.74, 6) is 0.104. The van der Waals surface area contributed by atoms with Crippen LogP contribution in [0.3, 0.4) is 0 Å². The lowest BCUT2D eigenvalue weighted by molar-refractivity contribution is -0.121. The van der Waals surface area contributed by atoms with Crippen molar-refractivity contribution in [3.63, 3.8) is 0 Å². The maximum Gasteiger partial charge on any atom is 0.220 e. The molecule has 0 aliphatic carbocycles. The van der Waals surface area contributed by atoms with Crippen molar-refractivity contribution in [3.05, 3.63) is 70.8 Å². The Morgan fingerprint density at radius 1 is 1.10 bits per heavy atom. The van der Waals surface area contributed by atoms with E-state index in [4.69, 9.17) is 0 Å². The molecule has 0 aliphatic heterocycles. The van der Waals surface area contributed by atoms with Gasteiger partial charge in [-0.1, -0.05) is 54.1 Å². The molecule has 0 fully saturated rings. The molecule has 0 saturated heterocycles. The van der Waals surface area contributed by atoms with Gasteiger partial charge in [-0.2, -0.15) is 0 Å². The van der Waals surface area contributed by atoms with E-state index in [1.807, 2.05) is 25.1 Å². The molecule has 2 rings (SSSR count). The van der Waals surface area contributed by atoms with E-state index in [-0.39, 0.29) is 11.9 Å². The van der Waals surface area contributed by atoms with Crippen molar-refractivity contribution < 1.29 is 4.79 Å². The minimum atomic E-state index is 0.0492. The molecule has 21 heavy (non-hydrogen) atoms. The van der Waals surface area contributed by atoms with Gasteiger partial charge in [-0.3, -0.25) is 4.79 Å². The molecule has 110 valence electrons. The summed E-state index contributed by atoms with van der Waals surface area (Å²) in [5, 5.41) is 3.10. The fourth-order valence-electron chi connectivity index (χ4n) is 2.52. The van der Waals surface area contributed by atoms with Gasteiger partial charge in [0.1, 0.15) is 0 Å². The molecule has 0 aromatic heterocycles. The Balaban J connectivity index is 1.91. The van der Waals surface area contributed by atoms with Gasteiger partial charge in [-0.25, -0.2) is 0 Å². The van der Waals surface area contributed by atoms with Crippen LogP contribution in [0.5, 0.6) is 0 Å². The number of amides is 1. The van der Waals surface area contributed by atoms with E-state index in [0.717, 1.165) is 6.42 Å². The molecule has 2 nitrogen and oxygen atoms in total. The van der Waals surface area contributed by atoms with Crippen LogP contribution >= 0.6 is 0 Å². The summed E-state index contributed by atoms with van der Waals surface area (Å²) in [6.07, 6.45) is 1.31. The smallest absolute Gasteiger partial charge is 0.220 e. The predicted octanol–water partition coefficient (Wildman–Crippen LogP) is 4.11. The Hall–Kier alpha value is -2.09. The third-order valence-electron chi connectivity index (χ3n) is 3.76. The van der Waals surface area contributed by atoms with Gasteiger partial charge >= 0.3 is 0 Å². The summed E-state index contributed by atoms with van der Waals surface area (Å²) in [4.78, 5) is 12.1. The lowest BCUT2D eigenvalue weighted by Crippen LogP contribution is -2.27. The molecular formula is C19H23NO. The highest BCUT2D eigenvalue weighted by atomic mass is 16.1. The van der Waals surface area contributed by atoms with Gasteiger partial charge < -0.3 is 5.32 Å². The van der Waals surface area contributed by atoms with Gasteiger partial charge in [-0.05, 0) is 43.9 Å². The van der Waals surface area contributed by atoms with Gasteiger partial charge in [0.15, 0.2) is 0 Å². The molecule has 1 amide bonds. The van der Waals surface area contributed by atoms with Gasteiger partial charge in [0.05, 0.1) is 6.04 Å². The lowest BCUT2D eigenvalue weighted by Gasteiger charge is -2.17. The molecule has 0 spiro atoms. The van der Waals surface area contributed by atoms with E-state index < -0.39 is 0 Å². The first-order valence-corrected chi connectivity index (χ1v) is 7.46. The van der Waals surface area contributed by atoms with Crippen LogP contribution in [0.2, 0.25) is 0 Å². The van der Waals surface area contributed by atoms with Crippen molar-refractivity contribution in [1.29, 1.82) is 0 Å². The number of hydrogen-bond donors (Lipinski definition) is 1. The van der Waals surface area contributed by atoms with Crippen molar-refractivity contribution in [2.75, 3.05) is 0 Å². The van der Waals surface area contributed by atoms with Crippen molar-refractivity contribution in [2.24, 2.45) is 0 Å². The van der Waals surface area contributed by atoms with E-state index in [0.29, 0.717) is 6.42 Å². The van der Waals surface area contributed by atoms with E-state index in [2.05, 4.69) is 49.5 Å². The lowest BCUT2D eigenvalue weighted by atomic mass is 10.00. The molecule has 0 radical (unpaired) electrons. The minimum absolute atomic E-state index is 0.0492. The van der Waals surface area contributed by atoms with Crippen LogP contribution in [0.4, 0.5) is 0 Å².